The van der Waals surface area contributed by atoms with E-state index in [-0.39, 0.29) is 48.0 Å². The standard InChI is InChI=1S/C14H18N2O.2HI/c1-3-15-9-5-7-13(11-15)17-14-8-6-10-16(4-2)12-14;;/h5-12H,3-4H2,1-2H3;2*1H/q+2;;/p-2. The van der Waals surface area contributed by atoms with Crippen LogP contribution in [0.5, 0.6) is 11.5 Å². The Morgan fingerprint density at radius 1 is 0.842 bits per heavy atom. The van der Waals surface area contributed by atoms with Crippen LogP contribution in [0.4, 0.5) is 0 Å². The van der Waals surface area contributed by atoms with Crippen molar-refractivity contribution >= 4 is 0 Å². The first-order valence-electron chi connectivity index (χ1n) is 5.98. The average Bonchev–Trinajstić information content (AvgIpc) is 2.39. The molecule has 2 rings (SSSR count). The second-order valence-corrected chi connectivity index (χ2v) is 3.84. The molecule has 2 heterocycles. The van der Waals surface area contributed by atoms with Crippen molar-refractivity contribution < 1.29 is 61.8 Å². The molecule has 0 bridgehead atoms. The van der Waals surface area contributed by atoms with Gasteiger partial charge in [0.2, 0.25) is 12.4 Å². The van der Waals surface area contributed by atoms with Crippen LogP contribution in [-0.2, 0) is 13.1 Å². The van der Waals surface area contributed by atoms with Crippen LogP contribution in [0.1, 0.15) is 13.8 Å². The summed E-state index contributed by atoms with van der Waals surface area (Å²) < 4.78 is 10.0. The predicted octanol–water partition coefficient (Wildman–Crippen LogP) is -3.90. The van der Waals surface area contributed by atoms with Gasteiger partial charge in [-0.25, -0.2) is 9.13 Å². The Balaban J connectivity index is 0.00000162. The predicted molar refractivity (Wildman–Crippen MR) is 64.7 cm³/mol. The molecule has 2 aromatic rings. The molecule has 0 unspecified atom stereocenters. The third kappa shape index (κ3) is 5.60. The fraction of sp³-hybridized carbons (Fsp3) is 0.286. The van der Waals surface area contributed by atoms with Crippen LogP contribution in [-0.4, -0.2) is 0 Å². The van der Waals surface area contributed by atoms with Gasteiger partial charge in [-0.1, -0.05) is 0 Å². The number of rotatable bonds is 4. The van der Waals surface area contributed by atoms with Gasteiger partial charge in [0.15, 0.2) is 23.9 Å². The molecule has 0 N–H and O–H groups in total. The molecular weight excluding hydrogens is 466 g/mol. The zero-order valence-electron chi connectivity index (χ0n) is 11.1. The van der Waals surface area contributed by atoms with Gasteiger partial charge >= 0.3 is 0 Å². The number of aromatic nitrogens is 2. The molecule has 0 radical (unpaired) electrons. The van der Waals surface area contributed by atoms with E-state index < -0.39 is 0 Å². The first kappa shape index (κ1) is 18.6. The largest absolute Gasteiger partial charge is 1.00 e. The number of ether oxygens (including phenoxy) is 1. The lowest BCUT2D eigenvalue weighted by Crippen LogP contribution is -3.00. The number of nitrogens with zero attached hydrogens (tertiary/aromatic N) is 2. The van der Waals surface area contributed by atoms with Crippen LogP contribution in [0.3, 0.4) is 0 Å². The zero-order valence-corrected chi connectivity index (χ0v) is 15.4. The smallest absolute Gasteiger partial charge is 0.211 e. The van der Waals surface area contributed by atoms with Crippen molar-refractivity contribution in [1.29, 1.82) is 0 Å². The third-order valence-electron chi connectivity index (χ3n) is 2.63. The van der Waals surface area contributed by atoms with Crippen molar-refractivity contribution in [3.05, 3.63) is 49.1 Å². The fourth-order valence-corrected chi connectivity index (χ4v) is 1.65. The minimum atomic E-state index is 0. The van der Waals surface area contributed by atoms with E-state index in [0.717, 1.165) is 24.6 Å². The lowest BCUT2D eigenvalue weighted by molar-refractivity contribution is -0.694. The van der Waals surface area contributed by atoms with Crippen LogP contribution >= 0.6 is 0 Å². The molecule has 0 aromatic carbocycles. The zero-order chi connectivity index (χ0) is 12.1. The molecule has 0 fully saturated rings. The Hall–Kier alpha value is -0.440. The van der Waals surface area contributed by atoms with Crippen LogP contribution in [0, 0.1) is 0 Å². The summed E-state index contributed by atoms with van der Waals surface area (Å²) in [6.45, 7) is 6.11. The highest BCUT2D eigenvalue weighted by Crippen LogP contribution is 2.17. The van der Waals surface area contributed by atoms with Crippen LogP contribution in [0.2, 0.25) is 0 Å². The van der Waals surface area contributed by atoms with E-state index in [4.69, 9.17) is 4.74 Å². The average molecular weight is 484 g/mol. The van der Waals surface area contributed by atoms with Crippen molar-refractivity contribution in [2.75, 3.05) is 0 Å². The van der Waals surface area contributed by atoms with E-state index in [1.54, 1.807) is 0 Å². The number of hydrogen-bond donors (Lipinski definition) is 0. The monoisotopic (exact) mass is 484 g/mol. The molecule has 104 valence electrons. The Bertz CT molecular complexity index is 461. The fourth-order valence-electron chi connectivity index (χ4n) is 1.65. The molecule has 5 heteroatoms. The van der Waals surface area contributed by atoms with E-state index in [9.17, 15) is 0 Å². The Kier molecular flexibility index (Phi) is 9.24. The number of pyridine rings is 2. The summed E-state index contributed by atoms with van der Waals surface area (Å²) in [4.78, 5) is 0. The molecule has 0 aliphatic carbocycles. The minimum absolute atomic E-state index is 0. The minimum Gasteiger partial charge on any atom is -1.00 e. The van der Waals surface area contributed by atoms with E-state index in [2.05, 4.69) is 23.0 Å². The summed E-state index contributed by atoms with van der Waals surface area (Å²) >= 11 is 0. The van der Waals surface area contributed by atoms with Crippen molar-refractivity contribution in [2.24, 2.45) is 0 Å². The summed E-state index contributed by atoms with van der Waals surface area (Å²) in [6.07, 6.45) is 8.07. The van der Waals surface area contributed by atoms with Gasteiger partial charge in [-0.3, -0.25) is 0 Å². The highest BCUT2D eigenvalue weighted by molar-refractivity contribution is 5.23. The van der Waals surface area contributed by atoms with Crippen LogP contribution in [0.15, 0.2) is 49.1 Å². The highest BCUT2D eigenvalue weighted by Gasteiger charge is 2.05. The Morgan fingerprint density at radius 2 is 1.26 bits per heavy atom. The highest BCUT2D eigenvalue weighted by atomic mass is 127. The SMILES string of the molecule is CC[n+]1cccc(Oc2ccc[n+](CC)c2)c1.[I-].[I-]. The van der Waals surface area contributed by atoms with Crippen molar-refractivity contribution in [2.45, 2.75) is 26.9 Å². The Morgan fingerprint density at radius 3 is 1.63 bits per heavy atom. The van der Waals surface area contributed by atoms with E-state index >= 15 is 0 Å². The van der Waals surface area contributed by atoms with Gasteiger partial charge in [-0.2, -0.15) is 0 Å². The second-order valence-electron chi connectivity index (χ2n) is 3.84. The first-order valence-corrected chi connectivity index (χ1v) is 5.98. The van der Waals surface area contributed by atoms with Gasteiger partial charge in [-0.15, -0.1) is 0 Å². The molecule has 0 saturated heterocycles. The summed E-state index contributed by atoms with van der Waals surface area (Å²) in [5.74, 6) is 1.73. The Labute approximate surface area is 148 Å². The van der Waals surface area contributed by atoms with Crippen LogP contribution in [0.25, 0.3) is 0 Å². The van der Waals surface area contributed by atoms with Gasteiger partial charge in [0.05, 0.1) is 0 Å². The van der Waals surface area contributed by atoms with E-state index in [1.807, 2.05) is 49.1 Å². The number of hydrogen-bond acceptors (Lipinski definition) is 1. The maximum absolute atomic E-state index is 5.82. The van der Waals surface area contributed by atoms with Gasteiger partial charge in [0.1, 0.15) is 13.1 Å². The molecule has 0 atom stereocenters. The normalized spacial score (nSPS) is 9.16. The lowest BCUT2D eigenvalue weighted by Gasteiger charge is -2.02. The lowest BCUT2D eigenvalue weighted by atomic mass is 10.4. The third-order valence-corrected chi connectivity index (χ3v) is 2.63. The molecule has 3 nitrogen and oxygen atoms in total. The molecule has 19 heavy (non-hydrogen) atoms. The summed E-state index contributed by atoms with van der Waals surface area (Å²) in [5.41, 5.74) is 0. The van der Waals surface area contributed by atoms with Crippen molar-refractivity contribution in [1.82, 2.24) is 0 Å². The molecule has 2 aromatic heterocycles. The number of halogens is 2. The molecular formula is C14H18I2N2O. The number of aryl methyl sites for hydroxylation is 2. The van der Waals surface area contributed by atoms with Gasteiger partial charge in [-0.05, 0) is 26.0 Å². The molecule has 0 aliphatic heterocycles. The first-order chi connectivity index (χ1) is 8.31. The van der Waals surface area contributed by atoms with Crippen LogP contribution < -0.4 is 61.8 Å². The van der Waals surface area contributed by atoms with Crippen molar-refractivity contribution in [3.8, 4) is 11.5 Å². The van der Waals surface area contributed by atoms with Gasteiger partial charge in [0, 0.05) is 12.1 Å². The molecule has 0 saturated carbocycles. The quantitative estimate of drug-likeness (QED) is 0.321. The summed E-state index contributed by atoms with van der Waals surface area (Å²) in [7, 11) is 0. The topological polar surface area (TPSA) is 17.0 Å². The maximum Gasteiger partial charge on any atom is 0.211 e. The van der Waals surface area contributed by atoms with E-state index in [0.29, 0.717) is 0 Å². The molecule has 0 aliphatic rings. The van der Waals surface area contributed by atoms with Gasteiger partial charge < -0.3 is 52.7 Å². The molecule has 0 amide bonds. The maximum atomic E-state index is 5.82. The summed E-state index contributed by atoms with van der Waals surface area (Å²) in [5, 5.41) is 0. The molecule has 0 spiro atoms. The summed E-state index contributed by atoms with van der Waals surface area (Å²) in [6, 6.07) is 7.93. The van der Waals surface area contributed by atoms with E-state index in [1.165, 1.54) is 0 Å². The van der Waals surface area contributed by atoms with Gasteiger partial charge in [0.25, 0.3) is 0 Å². The van der Waals surface area contributed by atoms with Crippen molar-refractivity contribution in [3.63, 3.8) is 0 Å². The second kappa shape index (κ2) is 9.46.